The molecule has 0 spiro atoms. The maximum absolute atomic E-state index is 11.5. The standard InChI is InChI=1S/3C11H20O2.Lr/c3*1-10(2,3)8(12)7-9(13)11(4,5)6;/h3*7H2,1-6H3;. The van der Waals surface area contributed by atoms with Gasteiger partial charge in [0.2, 0.25) is 0 Å². The summed E-state index contributed by atoms with van der Waals surface area (Å²) in [5, 5.41) is 0. The smallest absolute Gasteiger partial charge is 0.145 e. The second kappa shape index (κ2) is 15.1. The van der Waals surface area contributed by atoms with Crippen LogP contribution >= 0.6 is 0 Å². The van der Waals surface area contributed by atoms with E-state index in [0.717, 1.165) is 0 Å². The van der Waals surface area contributed by atoms with Crippen LogP contribution in [0.4, 0.5) is 0 Å². The van der Waals surface area contributed by atoms with Gasteiger partial charge in [0, 0.05) is 32.5 Å². The molecule has 0 saturated carbocycles. The van der Waals surface area contributed by atoms with Crippen LogP contribution in [-0.4, -0.2) is 34.7 Å². The molecule has 0 aliphatic rings. The summed E-state index contributed by atoms with van der Waals surface area (Å²) in [6.07, 6.45) is 0.187. The van der Waals surface area contributed by atoms with Crippen LogP contribution in [0.1, 0.15) is 144 Å². The Hall–Kier alpha value is -2.98. The van der Waals surface area contributed by atoms with Gasteiger partial charge < -0.3 is 0 Å². The molecule has 0 aromatic rings. The van der Waals surface area contributed by atoms with Crippen molar-refractivity contribution in [2.75, 3.05) is 0 Å². The van der Waals surface area contributed by atoms with Gasteiger partial charge in [0.15, 0.2) is 0 Å². The SMILES string of the molecule is CC(C)(C)C(=O)CC(=O)C(C)(C)C.CC(C)(C)C(=O)CC(=O)C(C)(C)C.CC(C)(C)C(=O)CC(=O)C(C)(C)C.[Lr]. The average molecular weight is 815 g/mol. The van der Waals surface area contributed by atoms with Crippen molar-refractivity contribution in [3.05, 3.63) is 0 Å². The van der Waals surface area contributed by atoms with Gasteiger partial charge in [-0.05, 0) is 0 Å². The van der Waals surface area contributed by atoms with E-state index in [0.29, 0.717) is 0 Å². The molecule has 6 nitrogen and oxygen atoms in total. The van der Waals surface area contributed by atoms with Crippen LogP contribution in [0.3, 0.4) is 0 Å². The van der Waals surface area contributed by atoms with Gasteiger partial charge in [0.05, 0.1) is 19.3 Å². The van der Waals surface area contributed by atoms with Crippen LogP contribution in [0.15, 0.2) is 0 Å². The Morgan fingerprint density at radius 3 is 0.400 bits per heavy atom. The Morgan fingerprint density at radius 1 is 0.275 bits per heavy atom. The van der Waals surface area contributed by atoms with E-state index < -0.39 is 32.5 Å². The molecule has 0 saturated heterocycles. The van der Waals surface area contributed by atoms with Crippen molar-refractivity contribution < 1.29 is 28.8 Å². The molecule has 0 amide bonds. The molecule has 0 unspecified atom stereocenters. The number of rotatable bonds is 6. The van der Waals surface area contributed by atoms with E-state index in [9.17, 15) is 28.8 Å². The molecular formula is C33H60LrO6. The molecule has 40 heavy (non-hydrogen) atoms. The van der Waals surface area contributed by atoms with Crippen molar-refractivity contribution in [3.63, 3.8) is 0 Å². The summed E-state index contributed by atoms with van der Waals surface area (Å²) in [4.78, 5) is 69.0. The molecule has 0 bridgehead atoms. The van der Waals surface area contributed by atoms with E-state index in [1.54, 1.807) is 0 Å². The van der Waals surface area contributed by atoms with E-state index >= 15 is 0 Å². The average Bonchev–Trinajstić information content (AvgIpc) is 2.64. The summed E-state index contributed by atoms with van der Waals surface area (Å²) in [7, 11) is 0. The van der Waals surface area contributed by atoms with Gasteiger partial charge >= 0.3 is 0 Å². The zero-order valence-corrected chi connectivity index (χ0v) is 31.0. The van der Waals surface area contributed by atoms with Gasteiger partial charge in [-0.1, -0.05) is 125 Å². The maximum Gasteiger partial charge on any atom is 0.145 e. The van der Waals surface area contributed by atoms with Crippen molar-refractivity contribution in [1.82, 2.24) is 0 Å². The zero-order valence-electron chi connectivity index (χ0n) is 28.8. The number of ketones is 6. The topological polar surface area (TPSA) is 102 Å². The Kier molecular flexibility index (Phi) is 16.7. The summed E-state index contributed by atoms with van der Waals surface area (Å²) in [6.45, 7) is 33.1. The number of hydrogen-bond donors (Lipinski definition) is 0. The molecule has 0 aromatic heterocycles. The summed E-state index contributed by atoms with van der Waals surface area (Å²) >= 11 is 0. The van der Waals surface area contributed by atoms with Gasteiger partial charge in [-0.2, -0.15) is 0 Å². The molecule has 0 aliphatic heterocycles. The first kappa shape index (κ1) is 44.1. The van der Waals surface area contributed by atoms with Gasteiger partial charge in [0.1, 0.15) is 34.7 Å². The second-order valence-corrected chi connectivity index (χ2v) is 16.6. The molecular weight excluding hydrogens is 754 g/mol. The summed E-state index contributed by atoms with van der Waals surface area (Å²) in [5.74, 6) is 0.125. The third-order valence-electron chi connectivity index (χ3n) is 5.98. The number of carbonyl (C=O) groups excluding carboxylic acids is 6. The normalized spacial score (nSPS) is 12.4. The molecule has 0 aromatic carbocycles. The fourth-order valence-electron chi connectivity index (χ4n) is 2.03. The largest absolute Gasteiger partial charge is 0.299 e. The van der Waals surface area contributed by atoms with Crippen LogP contribution in [0.25, 0.3) is 0 Å². The molecule has 0 atom stereocenters. The van der Waals surface area contributed by atoms with Crippen LogP contribution < -0.4 is 0 Å². The van der Waals surface area contributed by atoms with Crippen LogP contribution in [-0.2, 0) is 28.8 Å². The monoisotopic (exact) mass is 815 g/mol. The van der Waals surface area contributed by atoms with Gasteiger partial charge in [-0.25, -0.2) is 0 Å². The third kappa shape index (κ3) is 20.0. The third-order valence-corrected chi connectivity index (χ3v) is 5.98. The fourth-order valence-corrected chi connectivity index (χ4v) is 2.03. The minimum atomic E-state index is -0.402. The summed E-state index contributed by atoms with van der Waals surface area (Å²) in [6, 6.07) is 0. The maximum atomic E-state index is 11.5. The summed E-state index contributed by atoms with van der Waals surface area (Å²) < 4.78 is 0. The number of Topliss-reactive ketones (excluding diaryl/α,β-unsaturated/α-hetero) is 6. The summed E-state index contributed by atoms with van der Waals surface area (Å²) in [5.41, 5.74) is -2.41. The van der Waals surface area contributed by atoms with Crippen LogP contribution in [0.5, 0.6) is 0 Å². The van der Waals surface area contributed by atoms with E-state index in [-0.39, 0.29) is 54.0 Å². The zero-order chi connectivity index (χ0) is 32.6. The molecule has 0 N–H and O–H groups in total. The van der Waals surface area contributed by atoms with Crippen molar-refractivity contribution in [3.8, 4) is 0 Å². The second-order valence-electron chi connectivity index (χ2n) is 16.6. The molecule has 0 fully saturated rings. The molecule has 243 valence electrons. The van der Waals surface area contributed by atoms with E-state index in [2.05, 4.69) is 0 Å². The van der Waals surface area contributed by atoms with Gasteiger partial charge in [-0.3, -0.25) is 28.8 Å². The predicted octanol–water partition coefficient (Wildman–Crippen LogP) is 7.82. The first-order chi connectivity index (χ1) is 16.6. The minimum Gasteiger partial charge on any atom is -0.299 e. The van der Waals surface area contributed by atoms with Gasteiger partial charge in [0.25, 0.3) is 0 Å². The molecule has 0 aliphatic carbocycles. The Balaban J connectivity index is -0.000000240. The van der Waals surface area contributed by atoms with Crippen LogP contribution in [0, 0.1) is 32.5 Å². The quantitative estimate of drug-likeness (QED) is 0.254. The van der Waals surface area contributed by atoms with E-state index in [4.69, 9.17) is 0 Å². The van der Waals surface area contributed by atoms with Crippen molar-refractivity contribution >= 4 is 34.7 Å². The van der Waals surface area contributed by atoms with E-state index in [1.807, 2.05) is 125 Å². The van der Waals surface area contributed by atoms with Gasteiger partial charge in [-0.15, -0.1) is 0 Å². The van der Waals surface area contributed by atoms with Crippen LogP contribution in [0.2, 0.25) is 0 Å². The minimum absolute atomic E-state index is 0. The van der Waals surface area contributed by atoms with E-state index in [1.165, 1.54) is 0 Å². The number of carbonyl (C=O) groups is 6. The predicted molar refractivity (Wildman–Crippen MR) is 161 cm³/mol. The molecule has 0 heterocycles. The Morgan fingerprint density at radius 2 is 0.350 bits per heavy atom. The molecule has 7 heteroatoms. The van der Waals surface area contributed by atoms with Crippen molar-refractivity contribution in [1.29, 1.82) is 0 Å². The fraction of sp³-hybridized carbons (Fsp3) is 0.818. The first-order valence-electron chi connectivity index (χ1n) is 13.8. The number of hydrogen-bond acceptors (Lipinski definition) is 6. The first-order valence-corrected chi connectivity index (χ1v) is 13.8. The Labute approximate surface area is 239 Å². The Bertz CT molecular complexity index is 693. The van der Waals surface area contributed by atoms with Crippen molar-refractivity contribution in [2.45, 2.75) is 144 Å². The molecule has 1 radical (unpaired) electrons. The molecule has 0 rings (SSSR count). The van der Waals surface area contributed by atoms with Crippen molar-refractivity contribution in [2.24, 2.45) is 32.5 Å².